The highest BCUT2D eigenvalue weighted by atomic mass is 16.7. The molecule has 6 aromatic rings. The van der Waals surface area contributed by atoms with Crippen molar-refractivity contribution in [2.24, 2.45) is 0 Å². The smallest absolute Gasteiger partial charge is 0.456 e. The Morgan fingerprint density at radius 1 is 0.622 bits per heavy atom. The van der Waals surface area contributed by atoms with Crippen molar-refractivity contribution in [3.8, 4) is 22.5 Å². The van der Waals surface area contributed by atoms with Crippen molar-refractivity contribution in [2.75, 3.05) is 0 Å². The fraction of sp³-hybridized carbons (Fsp3) is 0.188. The lowest BCUT2D eigenvalue weighted by atomic mass is 9.76. The summed E-state index contributed by atoms with van der Waals surface area (Å²) in [4.78, 5) is 0. The van der Waals surface area contributed by atoms with Gasteiger partial charge in [-0.2, -0.15) is 0 Å². The van der Waals surface area contributed by atoms with Gasteiger partial charge in [-0.1, -0.05) is 66.7 Å². The van der Waals surface area contributed by atoms with E-state index in [4.69, 9.17) is 18.1 Å². The van der Waals surface area contributed by atoms with E-state index in [1.807, 2.05) is 36.4 Å². The largest absolute Gasteiger partial charge is 0.495 e. The summed E-state index contributed by atoms with van der Waals surface area (Å²) in [5.41, 5.74) is 5.89. The van der Waals surface area contributed by atoms with Gasteiger partial charge in [0.1, 0.15) is 22.5 Å². The van der Waals surface area contributed by atoms with Crippen molar-refractivity contribution in [2.45, 2.75) is 38.9 Å². The molecule has 4 nitrogen and oxygen atoms in total. The minimum Gasteiger partial charge on any atom is -0.456 e. The normalized spacial score (nSPS) is 16.8. The zero-order chi connectivity index (χ0) is 25.4. The zero-order valence-corrected chi connectivity index (χ0v) is 21.4. The number of benzene rings is 4. The molecule has 2 aromatic heterocycles. The van der Waals surface area contributed by atoms with Crippen LogP contribution in [0.15, 0.2) is 99.8 Å². The van der Waals surface area contributed by atoms with Crippen LogP contribution in [0.2, 0.25) is 0 Å². The molecule has 1 saturated heterocycles. The van der Waals surface area contributed by atoms with Gasteiger partial charge in [0.05, 0.1) is 11.2 Å². The van der Waals surface area contributed by atoms with Crippen LogP contribution in [-0.4, -0.2) is 18.3 Å². The number of hydrogen-bond donors (Lipinski definition) is 0. The van der Waals surface area contributed by atoms with E-state index in [-0.39, 0.29) is 0 Å². The lowest BCUT2D eigenvalue weighted by Gasteiger charge is -2.32. The van der Waals surface area contributed by atoms with Gasteiger partial charge >= 0.3 is 7.12 Å². The lowest BCUT2D eigenvalue weighted by molar-refractivity contribution is 0.00578. The van der Waals surface area contributed by atoms with Gasteiger partial charge in [0.15, 0.2) is 0 Å². The first kappa shape index (κ1) is 22.4. The van der Waals surface area contributed by atoms with Crippen LogP contribution in [0.25, 0.3) is 55.4 Å². The van der Waals surface area contributed by atoms with Crippen LogP contribution in [0.4, 0.5) is 0 Å². The molecule has 0 aliphatic carbocycles. The van der Waals surface area contributed by atoms with E-state index >= 15 is 0 Å². The monoisotopic (exact) mass is 486 g/mol. The van der Waals surface area contributed by atoms with Crippen molar-refractivity contribution in [3.05, 3.63) is 91.0 Å². The summed E-state index contributed by atoms with van der Waals surface area (Å²) >= 11 is 0. The predicted molar refractivity (Wildman–Crippen MR) is 150 cm³/mol. The molecule has 0 spiro atoms. The van der Waals surface area contributed by atoms with Gasteiger partial charge in [-0.15, -0.1) is 0 Å². The van der Waals surface area contributed by atoms with E-state index in [9.17, 15) is 0 Å². The Morgan fingerprint density at radius 2 is 1.38 bits per heavy atom. The Kier molecular flexibility index (Phi) is 4.75. The highest BCUT2D eigenvalue weighted by molar-refractivity contribution is 6.66. The fourth-order valence-corrected chi connectivity index (χ4v) is 5.22. The van der Waals surface area contributed by atoms with Crippen LogP contribution in [0.3, 0.4) is 0 Å². The van der Waals surface area contributed by atoms with Crippen LogP contribution >= 0.6 is 0 Å². The van der Waals surface area contributed by atoms with Crippen molar-refractivity contribution in [1.82, 2.24) is 0 Å². The van der Waals surface area contributed by atoms with E-state index < -0.39 is 18.3 Å². The third-order valence-electron chi connectivity index (χ3n) is 7.95. The molecule has 0 N–H and O–H groups in total. The lowest BCUT2D eigenvalue weighted by Crippen LogP contribution is -2.41. The number of para-hydroxylation sites is 1. The van der Waals surface area contributed by atoms with Crippen molar-refractivity contribution in [3.63, 3.8) is 0 Å². The minimum atomic E-state index is -0.461. The Hall–Kier alpha value is -3.80. The summed E-state index contributed by atoms with van der Waals surface area (Å²) in [7, 11) is -0.461. The second kappa shape index (κ2) is 7.85. The van der Waals surface area contributed by atoms with E-state index in [1.54, 1.807) is 0 Å². The third-order valence-corrected chi connectivity index (χ3v) is 7.95. The second-order valence-electron chi connectivity index (χ2n) is 10.8. The van der Waals surface area contributed by atoms with Gasteiger partial charge in [0, 0.05) is 27.3 Å². The van der Waals surface area contributed by atoms with Gasteiger partial charge in [0.25, 0.3) is 0 Å². The average Bonchev–Trinajstić information content (AvgIpc) is 3.55. The molecule has 1 aliphatic heterocycles. The van der Waals surface area contributed by atoms with E-state index in [0.717, 1.165) is 60.8 Å². The summed E-state index contributed by atoms with van der Waals surface area (Å²) in [5, 5.41) is 3.14. The van der Waals surface area contributed by atoms with Crippen molar-refractivity contribution >= 4 is 45.5 Å². The molecule has 5 heteroatoms. The van der Waals surface area contributed by atoms with E-state index in [1.165, 1.54) is 0 Å². The maximum atomic E-state index is 6.49. The maximum Gasteiger partial charge on any atom is 0.495 e. The average molecular weight is 486 g/mol. The predicted octanol–water partition coefficient (Wildman–Crippen LogP) is 7.97. The zero-order valence-electron chi connectivity index (χ0n) is 21.4. The quantitative estimate of drug-likeness (QED) is 0.238. The molecule has 7 rings (SSSR count). The molecule has 3 heterocycles. The summed E-state index contributed by atoms with van der Waals surface area (Å²) in [6.07, 6.45) is 0. The minimum absolute atomic E-state index is 0.414. The number of furan rings is 2. The number of fused-ring (bicyclic) bond motifs is 4. The summed E-state index contributed by atoms with van der Waals surface area (Å²) in [6, 6.07) is 31.0. The molecule has 182 valence electrons. The van der Waals surface area contributed by atoms with E-state index in [2.05, 4.69) is 82.3 Å². The standard InChI is InChI=1S/C32H27BO4/c1-31(2)32(3,4)37-33(36-31)25-14-9-15-27-29(25)24-13-8-12-23(30(24)35-27)21-16-17-26-22(18-21)19-28(34-26)20-10-6-5-7-11-20/h5-19H,1-4H3. The highest BCUT2D eigenvalue weighted by Gasteiger charge is 2.52. The molecule has 1 fully saturated rings. The van der Waals surface area contributed by atoms with Gasteiger partial charge in [-0.25, -0.2) is 0 Å². The number of rotatable bonds is 3. The van der Waals surface area contributed by atoms with Crippen LogP contribution in [0, 0.1) is 0 Å². The Morgan fingerprint density at radius 3 is 2.16 bits per heavy atom. The Bertz CT molecular complexity index is 1780. The van der Waals surface area contributed by atoms with Crippen LogP contribution < -0.4 is 5.46 Å². The molecule has 0 amide bonds. The first-order valence-corrected chi connectivity index (χ1v) is 12.7. The highest BCUT2D eigenvalue weighted by Crippen LogP contribution is 2.40. The second-order valence-corrected chi connectivity index (χ2v) is 10.8. The molecule has 0 bridgehead atoms. The SMILES string of the molecule is CC1(C)OB(c2cccc3oc4c(-c5ccc6oc(-c7ccccc7)cc6c5)cccc4c23)OC1(C)C. The molecular formula is C32H27BO4. The van der Waals surface area contributed by atoms with Gasteiger partial charge in [-0.3, -0.25) is 0 Å². The first-order valence-electron chi connectivity index (χ1n) is 12.7. The summed E-state index contributed by atoms with van der Waals surface area (Å²) in [5.74, 6) is 0.863. The Balaban J connectivity index is 1.36. The van der Waals surface area contributed by atoms with Gasteiger partial charge < -0.3 is 18.1 Å². The molecule has 0 saturated carbocycles. The fourth-order valence-electron chi connectivity index (χ4n) is 5.22. The topological polar surface area (TPSA) is 44.7 Å². The van der Waals surface area contributed by atoms with Crippen LogP contribution in [-0.2, 0) is 9.31 Å². The van der Waals surface area contributed by atoms with Crippen molar-refractivity contribution < 1.29 is 18.1 Å². The van der Waals surface area contributed by atoms with Gasteiger partial charge in [0.2, 0.25) is 0 Å². The maximum absolute atomic E-state index is 6.49. The summed E-state index contributed by atoms with van der Waals surface area (Å²) < 4.78 is 25.4. The number of hydrogen-bond acceptors (Lipinski definition) is 4. The Labute approximate surface area is 215 Å². The van der Waals surface area contributed by atoms with Gasteiger partial charge in [-0.05, 0) is 63.0 Å². The third kappa shape index (κ3) is 3.46. The summed E-state index contributed by atoms with van der Waals surface area (Å²) in [6.45, 7) is 8.31. The molecular weight excluding hydrogens is 459 g/mol. The molecule has 37 heavy (non-hydrogen) atoms. The molecule has 1 aliphatic rings. The molecule has 0 radical (unpaired) electrons. The van der Waals surface area contributed by atoms with E-state index in [0.29, 0.717) is 0 Å². The molecule has 4 aromatic carbocycles. The van der Waals surface area contributed by atoms with Crippen LogP contribution in [0.1, 0.15) is 27.7 Å². The molecule has 0 atom stereocenters. The van der Waals surface area contributed by atoms with Crippen LogP contribution in [0.5, 0.6) is 0 Å². The first-order chi connectivity index (χ1) is 17.8. The molecule has 0 unspecified atom stereocenters. The van der Waals surface area contributed by atoms with Crippen molar-refractivity contribution in [1.29, 1.82) is 0 Å².